The summed E-state index contributed by atoms with van der Waals surface area (Å²) < 4.78 is 1.99. The Balaban J connectivity index is 2.46. The highest BCUT2D eigenvalue weighted by molar-refractivity contribution is 6.01. The second kappa shape index (κ2) is 5.43. The average Bonchev–Trinajstić information content (AvgIpc) is 2.81. The second-order valence-corrected chi connectivity index (χ2v) is 5.23. The third kappa shape index (κ3) is 2.62. The molecule has 2 rings (SSSR count). The summed E-state index contributed by atoms with van der Waals surface area (Å²) in [7, 11) is 0. The fourth-order valence-electron chi connectivity index (χ4n) is 2.46. The number of carboxylic acids is 1. The molecule has 0 amide bonds. The Kier molecular flexibility index (Phi) is 3.88. The number of carbonyl (C=O) groups is 1. The van der Waals surface area contributed by atoms with Crippen molar-refractivity contribution in [3.05, 3.63) is 30.1 Å². The van der Waals surface area contributed by atoms with E-state index in [9.17, 15) is 9.90 Å². The molecule has 2 unspecified atom stereocenters. The Morgan fingerprint density at radius 3 is 2.79 bits per heavy atom. The SMILES string of the molecule is CCC(C)CC(C)n1cnc2cccc(C(=O)O)c21. The molecular weight excluding hydrogens is 240 g/mol. The smallest absolute Gasteiger partial charge is 0.337 e. The fourth-order valence-corrected chi connectivity index (χ4v) is 2.46. The molecule has 1 heterocycles. The van der Waals surface area contributed by atoms with Crippen LogP contribution in [0.3, 0.4) is 0 Å². The molecule has 0 fully saturated rings. The van der Waals surface area contributed by atoms with Crippen LogP contribution >= 0.6 is 0 Å². The summed E-state index contributed by atoms with van der Waals surface area (Å²) in [4.78, 5) is 15.6. The van der Waals surface area contributed by atoms with Gasteiger partial charge in [-0.1, -0.05) is 26.3 Å². The van der Waals surface area contributed by atoms with Gasteiger partial charge in [-0.25, -0.2) is 9.78 Å². The van der Waals surface area contributed by atoms with E-state index < -0.39 is 5.97 Å². The Bertz CT molecular complexity index is 589. The van der Waals surface area contributed by atoms with Crippen molar-refractivity contribution < 1.29 is 9.90 Å². The molecule has 0 radical (unpaired) electrons. The van der Waals surface area contributed by atoms with Gasteiger partial charge in [-0.3, -0.25) is 0 Å². The third-order valence-electron chi connectivity index (χ3n) is 3.74. The zero-order valence-electron chi connectivity index (χ0n) is 11.6. The number of para-hydroxylation sites is 1. The molecule has 0 aliphatic rings. The van der Waals surface area contributed by atoms with Gasteiger partial charge < -0.3 is 9.67 Å². The van der Waals surface area contributed by atoms with E-state index in [2.05, 4.69) is 25.8 Å². The summed E-state index contributed by atoms with van der Waals surface area (Å²) in [6.07, 6.45) is 3.91. The van der Waals surface area contributed by atoms with Crippen molar-refractivity contribution in [1.29, 1.82) is 0 Å². The molecule has 4 nitrogen and oxygen atoms in total. The van der Waals surface area contributed by atoms with Crippen LogP contribution in [-0.2, 0) is 0 Å². The molecule has 0 aliphatic carbocycles. The number of carboxylic acid groups (broad SMARTS) is 1. The first-order valence-electron chi connectivity index (χ1n) is 6.73. The first-order chi connectivity index (χ1) is 9.04. The lowest BCUT2D eigenvalue weighted by atomic mass is 10.00. The first-order valence-corrected chi connectivity index (χ1v) is 6.73. The number of rotatable bonds is 5. The van der Waals surface area contributed by atoms with Crippen molar-refractivity contribution in [2.75, 3.05) is 0 Å². The highest BCUT2D eigenvalue weighted by Gasteiger charge is 2.17. The highest BCUT2D eigenvalue weighted by atomic mass is 16.4. The Labute approximate surface area is 113 Å². The van der Waals surface area contributed by atoms with E-state index in [1.165, 1.54) is 0 Å². The van der Waals surface area contributed by atoms with E-state index in [4.69, 9.17) is 0 Å². The molecule has 0 bridgehead atoms. The maximum atomic E-state index is 11.3. The quantitative estimate of drug-likeness (QED) is 0.891. The minimum atomic E-state index is -0.900. The van der Waals surface area contributed by atoms with Crippen LogP contribution < -0.4 is 0 Å². The molecule has 0 saturated carbocycles. The lowest BCUT2D eigenvalue weighted by molar-refractivity contribution is 0.0698. The number of aromatic carboxylic acids is 1. The van der Waals surface area contributed by atoms with E-state index in [-0.39, 0.29) is 6.04 Å². The van der Waals surface area contributed by atoms with Crippen molar-refractivity contribution in [1.82, 2.24) is 9.55 Å². The van der Waals surface area contributed by atoms with Crippen molar-refractivity contribution in [3.8, 4) is 0 Å². The van der Waals surface area contributed by atoms with Crippen molar-refractivity contribution in [2.45, 2.75) is 39.7 Å². The number of benzene rings is 1. The molecule has 19 heavy (non-hydrogen) atoms. The van der Waals surface area contributed by atoms with E-state index in [0.29, 0.717) is 11.5 Å². The summed E-state index contributed by atoms with van der Waals surface area (Å²) in [5, 5.41) is 9.29. The second-order valence-electron chi connectivity index (χ2n) is 5.23. The summed E-state index contributed by atoms with van der Waals surface area (Å²) in [5.74, 6) is -0.285. The van der Waals surface area contributed by atoms with Gasteiger partial charge in [0.2, 0.25) is 0 Å². The summed E-state index contributed by atoms with van der Waals surface area (Å²) in [6, 6.07) is 5.48. The maximum absolute atomic E-state index is 11.3. The molecule has 1 aromatic carbocycles. The standard InChI is InChI=1S/C15H20N2O2/c1-4-10(2)8-11(3)17-9-16-13-7-5-6-12(14(13)17)15(18)19/h5-7,9-11H,4,8H2,1-3H3,(H,18,19). The molecule has 2 atom stereocenters. The minimum absolute atomic E-state index is 0.250. The van der Waals surface area contributed by atoms with E-state index in [1.807, 2.05) is 10.6 Å². The molecule has 102 valence electrons. The molecule has 2 aromatic rings. The molecule has 1 aromatic heterocycles. The average molecular weight is 260 g/mol. The Morgan fingerprint density at radius 1 is 1.42 bits per heavy atom. The number of nitrogens with zero attached hydrogens (tertiary/aromatic N) is 2. The van der Waals surface area contributed by atoms with Crippen LogP contribution in [0.25, 0.3) is 11.0 Å². The number of hydrogen-bond donors (Lipinski definition) is 1. The van der Waals surface area contributed by atoms with Gasteiger partial charge in [-0.2, -0.15) is 0 Å². The van der Waals surface area contributed by atoms with Crippen LogP contribution in [0.5, 0.6) is 0 Å². The van der Waals surface area contributed by atoms with Crippen LogP contribution in [-0.4, -0.2) is 20.6 Å². The molecule has 1 N–H and O–H groups in total. The van der Waals surface area contributed by atoms with Crippen molar-refractivity contribution in [2.24, 2.45) is 5.92 Å². The van der Waals surface area contributed by atoms with Gasteiger partial charge in [-0.05, 0) is 31.4 Å². The van der Waals surface area contributed by atoms with Gasteiger partial charge in [0.1, 0.15) is 0 Å². The predicted molar refractivity (Wildman–Crippen MR) is 75.5 cm³/mol. The molecule has 0 saturated heterocycles. The maximum Gasteiger partial charge on any atom is 0.337 e. The topological polar surface area (TPSA) is 55.1 Å². The van der Waals surface area contributed by atoms with Gasteiger partial charge >= 0.3 is 5.97 Å². The highest BCUT2D eigenvalue weighted by Crippen LogP contribution is 2.26. The fraction of sp³-hybridized carbons (Fsp3) is 0.467. The lowest BCUT2D eigenvalue weighted by Crippen LogP contribution is -2.10. The van der Waals surface area contributed by atoms with Crippen LogP contribution in [0.1, 0.15) is 50.0 Å². The number of imidazole rings is 1. The summed E-state index contributed by atoms with van der Waals surface area (Å²) in [6.45, 7) is 6.51. The van der Waals surface area contributed by atoms with Gasteiger partial charge in [0, 0.05) is 6.04 Å². The Hall–Kier alpha value is -1.84. The van der Waals surface area contributed by atoms with Crippen LogP contribution in [0.15, 0.2) is 24.5 Å². The van der Waals surface area contributed by atoms with Gasteiger partial charge in [-0.15, -0.1) is 0 Å². The molecular formula is C15H20N2O2. The first kappa shape index (κ1) is 13.6. The van der Waals surface area contributed by atoms with Crippen LogP contribution in [0.4, 0.5) is 0 Å². The van der Waals surface area contributed by atoms with Gasteiger partial charge in [0.15, 0.2) is 0 Å². The van der Waals surface area contributed by atoms with E-state index in [1.54, 1.807) is 18.5 Å². The van der Waals surface area contributed by atoms with E-state index >= 15 is 0 Å². The Morgan fingerprint density at radius 2 is 2.16 bits per heavy atom. The van der Waals surface area contributed by atoms with Gasteiger partial charge in [0.05, 0.1) is 22.9 Å². The number of fused-ring (bicyclic) bond motifs is 1. The molecule has 0 aliphatic heterocycles. The predicted octanol–water partition coefficient (Wildman–Crippen LogP) is 3.73. The lowest BCUT2D eigenvalue weighted by Gasteiger charge is -2.18. The summed E-state index contributed by atoms with van der Waals surface area (Å²) >= 11 is 0. The monoisotopic (exact) mass is 260 g/mol. The zero-order valence-corrected chi connectivity index (χ0v) is 11.6. The largest absolute Gasteiger partial charge is 0.478 e. The summed E-state index contributed by atoms with van der Waals surface area (Å²) in [5.41, 5.74) is 1.80. The van der Waals surface area contributed by atoms with Crippen molar-refractivity contribution in [3.63, 3.8) is 0 Å². The van der Waals surface area contributed by atoms with Gasteiger partial charge in [0.25, 0.3) is 0 Å². The molecule has 0 spiro atoms. The zero-order chi connectivity index (χ0) is 14.0. The molecule has 4 heteroatoms. The van der Waals surface area contributed by atoms with Crippen LogP contribution in [0, 0.1) is 5.92 Å². The van der Waals surface area contributed by atoms with Crippen LogP contribution in [0.2, 0.25) is 0 Å². The number of hydrogen-bond acceptors (Lipinski definition) is 2. The number of aromatic nitrogens is 2. The third-order valence-corrected chi connectivity index (χ3v) is 3.74. The minimum Gasteiger partial charge on any atom is -0.478 e. The normalized spacial score (nSPS) is 14.5. The van der Waals surface area contributed by atoms with E-state index in [0.717, 1.165) is 23.9 Å². The van der Waals surface area contributed by atoms with Crippen molar-refractivity contribution >= 4 is 17.0 Å².